The van der Waals surface area contributed by atoms with Crippen LogP contribution in [-0.4, -0.2) is 35.2 Å². The molecule has 1 N–H and O–H groups in total. The first-order valence-corrected chi connectivity index (χ1v) is 7.60. The second-order valence-electron chi connectivity index (χ2n) is 6.71. The first kappa shape index (κ1) is 13.1. The second kappa shape index (κ2) is 4.92. The van der Waals surface area contributed by atoms with Crippen LogP contribution in [0.2, 0.25) is 0 Å². The van der Waals surface area contributed by atoms with Crippen LogP contribution in [-0.2, 0) is 6.42 Å². The summed E-state index contributed by atoms with van der Waals surface area (Å²) in [5, 5.41) is 11.0. The number of nitrogens with zero attached hydrogens (tertiary/aromatic N) is 1. The molecule has 2 nitrogen and oxygen atoms in total. The summed E-state index contributed by atoms with van der Waals surface area (Å²) in [5.74, 6) is 1.06. The van der Waals surface area contributed by atoms with E-state index in [0.29, 0.717) is 11.8 Å². The lowest BCUT2D eigenvalue weighted by atomic mass is 9.78. The minimum atomic E-state index is -0.466. The van der Waals surface area contributed by atoms with Crippen molar-refractivity contribution in [2.24, 2.45) is 5.92 Å². The molecule has 2 bridgehead atoms. The normalized spacial score (nSPS) is 33.9. The van der Waals surface area contributed by atoms with Crippen molar-refractivity contribution in [2.75, 3.05) is 19.6 Å². The van der Waals surface area contributed by atoms with Crippen molar-refractivity contribution < 1.29 is 5.11 Å². The smallest absolute Gasteiger partial charge is 0.0740 e. The van der Waals surface area contributed by atoms with Crippen LogP contribution < -0.4 is 0 Å². The summed E-state index contributed by atoms with van der Waals surface area (Å²) in [6, 6.07) is 8.84. The summed E-state index contributed by atoms with van der Waals surface area (Å²) in [4.78, 5) is 2.49. The third-order valence-electron chi connectivity index (χ3n) is 5.05. The van der Waals surface area contributed by atoms with Gasteiger partial charge in [-0.25, -0.2) is 0 Å². The predicted molar refractivity (Wildman–Crippen MR) is 78.3 cm³/mol. The van der Waals surface area contributed by atoms with E-state index >= 15 is 0 Å². The highest BCUT2D eigenvalue weighted by Crippen LogP contribution is 2.37. The van der Waals surface area contributed by atoms with Gasteiger partial charge in [0.1, 0.15) is 0 Å². The monoisotopic (exact) mass is 259 g/mol. The molecule has 0 radical (unpaired) electrons. The lowest BCUT2D eigenvalue weighted by Crippen LogP contribution is -2.47. The van der Waals surface area contributed by atoms with E-state index < -0.39 is 5.60 Å². The van der Waals surface area contributed by atoms with Gasteiger partial charge in [-0.05, 0) is 36.4 Å². The first-order valence-electron chi connectivity index (χ1n) is 7.60. The molecule has 1 aromatic carbocycles. The quantitative estimate of drug-likeness (QED) is 0.902. The SMILES string of the molecule is CC(C)c1ccc(CC2(O)CCN3CCC2C3)cc1. The van der Waals surface area contributed by atoms with Crippen molar-refractivity contribution in [2.45, 2.75) is 44.6 Å². The largest absolute Gasteiger partial charge is 0.389 e. The third-order valence-corrected chi connectivity index (χ3v) is 5.05. The highest BCUT2D eigenvalue weighted by molar-refractivity contribution is 5.26. The number of fused-ring (bicyclic) bond motifs is 2. The molecule has 0 spiro atoms. The molecular weight excluding hydrogens is 234 g/mol. The zero-order chi connectivity index (χ0) is 13.5. The van der Waals surface area contributed by atoms with Crippen LogP contribution >= 0.6 is 0 Å². The Hall–Kier alpha value is -0.860. The molecule has 3 rings (SSSR count). The molecule has 2 aliphatic heterocycles. The topological polar surface area (TPSA) is 23.5 Å². The third kappa shape index (κ3) is 2.56. The highest BCUT2D eigenvalue weighted by Gasteiger charge is 2.44. The van der Waals surface area contributed by atoms with Gasteiger partial charge in [0, 0.05) is 25.4 Å². The van der Waals surface area contributed by atoms with Gasteiger partial charge in [0.25, 0.3) is 0 Å². The van der Waals surface area contributed by atoms with E-state index in [9.17, 15) is 5.11 Å². The maximum Gasteiger partial charge on any atom is 0.0740 e. The van der Waals surface area contributed by atoms with Gasteiger partial charge in [0.15, 0.2) is 0 Å². The number of benzene rings is 1. The molecule has 104 valence electrons. The minimum Gasteiger partial charge on any atom is -0.389 e. The molecule has 0 aliphatic carbocycles. The number of hydrogen-bond donors (Lipinski definition) is 1. The highest BCUT2D eigenvalue weighted by atomic mass is 16.3. The van der Waals surface area contributed by atoms with E-state index in [4.69, 9.17) is 0 Å². The number of hydrogen-bond acceptors (Lipinski definition) is 2. The van der Waals surface area contributed by atoms with E-state index in [1.807, 2.05) is 0 Å². The Kier molecular flexibility index (Phi) is 3.40. The van der Waals surface area contributed by atoms with E-state index in [1.165, 1.54) is 24.1 Å². The summed E-state index contributed by atoms with van der Waals surface area (Å²) >= 11 is 0. The second-order valence-corrected chi connectivity index (χ2v) is 6.71. The molecule has 3 atom stereocenters. The van der Waals surface area contributed by atoms with E-state index in [0.717, 1.165) is 25.9 Å². The standard InChI is InChI=1S/C17H25NO/c1-13(2)15-5-3-14(4-6-15)11-17(19)8-10-18-9-7-16(17)12-18/h3-6,13,16,19H,7-12H2,1-2H3. The fourth-order valence-electron chi connectivity index (χ4n) is 3.64. The van der Waals surface area contributed by atoms with Crippen LogP contribution in [0.3, 0.4) is 0 Å². The molecule has 1 aromatic rings. The summed E-state index contributed by atoms with van der Waals surface area (Å²) in [6.07, 6.45) is 2.92. The van der Waals surface area contributed by atoms with E-state index in [-0.39, 0.29) is 0 Å². The number of rotatable bonds is 3. The Morgan fingerprint density at radius 1 is 1.26 bits per heavy atom. The molecular formula is C17H25NO. The maximum absolute atomic E-state index is 11.0. The average Bonchev–Trinajstić information content (AvgIpc) is 2.81. The molecule has 2 heteroatoms. The van der Waals surface area contributed by atoms with Crippen molar-refractivity contribution >= 4 is 0 Å². The van der Waals surface area contributed by atoms with Gasteiger partial charge in [-0.1, -0.05) is 38.1 Å². The van der Waals surface area contributed by atoms with Gasteiger partial charge in [-0.3, -0.25) is 0 Å². The average molecular weight is 259 g/mol. The number of aliphatic hydroxyl groups is 1. The Labute approximate surface area is 116 Å². The Morgan fingerprint density at radius 3 is 2.68 bits per heavy atom. The molecule has 2 aliphatic rings. The molecule has 2 heterocycles. The zero-order valence-corrected chi connectivity index (χ0v) is 12.1. The molecule has 0 saturated carbocycles. The molecule has 3 unspecified atom stereocenters. The minimum absolute atomic E-state index is 0.466. The van der Waals surface area contributed by atoms with Crippen molar-refractivity contribution in [1.82, 2.24) is 4.90 Å². The molecule has 19 heavy (non-hydrogen) atoms. The molecule has 0 aromatic heterocycles. The summed E-state index contributed by atoms with van der Waals surface area (Å²) in [5.41, 5.74) is 2.20. The van der Waals surface area contributed by atoms with E-state index in [2.05, 4.69) is 43.0 Å². The molecule has 2 saturated heterocycles. The van der Waals surface area contributed by atoms with Crippen LogP contribution in [0.25, 0.3) is 0 Å². The van der Waals surface area contributed by atoms with Gasteiger partial charge in [0.05, 0.1) is 5.60 Å². The maximum atomic E-state index is 11.0. The molecule has 0 amide bonds. The van der Waals surface area contributed by atoms with Crippen LogP contribution in [0.4, 0.5) is 0 Å². The Morgan fingerprint density at radius 2 is 2.00 bits per heavy atom. The lowest BCUT2D eigenvalue weighted by Gasteiger charge is -2.39. The van der Waals surface area contributed by atoms with Gasteiger partial charge in [-0.15, -0.1) is 0 Å². The Balaban J connectivity index is 1.73. The van der Waals surface area contributed by atoms with Crippen LogP contribution in [0.1, 0.15) is 43.7 Å². The first-order chi connectivity index (χ1) is 9.07. The predicted octanol–water partition coefficient (Wildman–Crippen LogP) is 2.81. The van der Waals surface area contributed by atoms with Crippen LogP contribution in [0.15, 0.2) is 24.3 Å². The summed E-state index contributed by atoms with van der Waals surface area (Å²) < 4.78 is 0. The van der Waals surface area contributed by atoms with Crippen LogP contribution in [0.5, 0.6) is 0 Å². The lowest BCUT2D eigenvalue weighted by molar-refractivity contribution is -0.0438. The van der Waals surface area contributed by atoms with Gasteiger partial charge >= 0.3 is 0 Å². The van der Waals surface area contributed by atoms with Gasteiger partial charge in [-0.2, -0.15) is 0 Å². The van der Waals surface area contributed by atoms with Crippen molar-refractivity contribution in [3.8, 4) is 0 Å². The zero-order valence-electron chi connectivity index (χ0n) is 12.1. The molecule has 2 fully saturated rings. The van der Waals surface area contributed by atoms with Crippen LogP contribution in [0, 0.1) is 5.92 Å². The van der Waals surface area contributed by atoms with Crippen molar-refractivity contribution in [3.63, 3.8) is 0 Å². The Bertz CT molecular complexity index is 439. The van der Waals surface area contributed by atoms with Gasteiger partial charge in [0.2, 0.25) is 0 Å². The fourth-order valence-corrected chi connectivity index (χ4v) is 3.64. The van der Waals surface area contributed by atoms with Crippen molar-refractivity contribution in [1.29, 1.82) is 0 Å². The fraction of sp³-hybridized carbons (Fsp3) is 0.647. The number of piperidine rings is 1. The van der Waals surface area contributed by atoms with E-state index in [1.54, 1.807) is 0 Å². The van der Waals surface area contributed by atoms with Gasteiger partial charge < -0.3 is 10.0 Å². The van der Waals surface area contributed by atoms with Crippen molar-refractivity contribution in [3.05, 3.63) is 35.4 Å². The summed E-state index contributed by atoms with van der Waals surface area (Å²) in [6.45, 7) is 7.78. The summed E-state index contributed by atoms with van der Waals surface area (Å²) in [7, 11) is 0.